The Morgan fingerprint density at radius 1 is 1.22 bits per heavy atom. The zero-order chi connectivity index (χ0) is 25.4. The monoisotopic (exact) mass is 489 g/mol. The van der Waals surface area contributed by atoms with Gasteiger partial charge in [-0.25, -0.2) is 9.97 Å². The van der Waals surface area contributed by atoms with Gasteiger partial charge in [-0.3, -0.25) is 19.7 Å². The Morgan fingerprint density at radius 2 is 2.06 bits per heavy atom. The first-order valence-corrected chi connectivity index (χ1v) is 11.8. The number of nitrogen functional groups attached to an aromatic ring is 1. The smallest absolute Gasteiger partial charge is 0.291 e. The van der Waals surface area contributed by atoms with Crippen LogP contribution < -0.4 is 5.73 Å². The molecule has 0 aromatic carbocycles. The van der Waals surface area contributed by atoms with Gasteiger partial charge in [0.05, 0.1) is 29.8 Å². The van der Waals surface area contributed by atoms with Gasteiger partial charge in [0.25, 0.3) is 5.91 Å². The average molecular weight is 490 g/mol. The number of aliphatic hydroxyl groups is 1. The number of nitrogens with two attached hydrogens (primary N) is 1. The van der Waals surface area contributed by atoms with Crippen molar-refractivity contribution in [1.82, 2.24) is 39.7 Å². The molecular weight excluding hydrogens is 462 g/mol. The molecule has 2 atom stereocenters. The summed E-state index contributed by atoms with van der Waals surface area (Å²) < 4.78 is 1.47. The first kappa shape index (κ1) is 23.5. The van der Waals surface area contributed by atoms with Gasteiger partial charge in [-0.05, 0) is 45.6 Å². The van der Waals surface area contributed by atoms with E-state index in [-0.39, 0.29) is 42.0 Å². The van der Waals surface area contributed by atoms with Crippen LogP contribution in [0.25, 0.3) is 16.8 Å². The van der Waals surface area contributed by atoms with Gasteiger partial charge in [-0.2, -0.15) is 14.7 Å². The fourth-order valence-electron chi connectivity index (χ4n) is 4.96. The van der Waals surface area contributed by atoms with Crippen molar-refractivity contribution in [3.63, 3.8) is 0 Å². The highest BCUT2D eigenvalue weighted by molar-refractivity contribution is 6.00. The van der Waals surface area contributed by atoms with Crippen molar-refractivity contribution in [3.8, 4) is 11.1 Å². The van der Waals surface area contributed by atoms with Crippen LogP contribution >= 0.6 is 0 Å². The number of nitrogens with zero attached hydrogens (tertiary/aromatic N) is 7. The second-order valence-electron chi connectivity index (χ2n) is 9.03. The SMILES string of the molecule is CC(=O)c1c(CC[C@H]2CC[C@@H](C)N2C(=O)c2ncn[nH]2)nc2c(-c3ccc(CO)nc3)cnn2c1N. The highest BCUT2D eigenvalue weighted by Crippen LogP contribution is 2.31. The van der Waals surface area contributed by atoms with Crippen molar-refractivity contribution in [1.29, 1.82) is 0 Å². The van der Waals surface area contributed by atoms with Crippen LogP contribution in [0.1, 0.15) is 65.5 Å². The fourth-order valence-corrected chi connectivity index (χ4v) is 4.96. The second-order valence-corrected chi connectivity index (χ2v) is 9.03. The predicted molar refractivity (Wildman–Crippen MR) is 130 cm³/mol. The number of hydrogen-bond donors (Lipinski definition) is 3. The van der Waals surface area contributed by atoms with E-state index in [1.807, 2.05) is 17.9 Å². The van der Waals surface area contributed by atoms with Crippen LogP contribution in [0.15, 0.2) is 30.9 Å². The van der Waals surface area contributed by atoms with Crippen molar-refractivity contribution in [2.45, 2.75) is 58.2 Å². The number of aromatic amines is 1. The Bertz CT molecular complexity index is 1410. The van der Waals surface area contributed by atoms with E-state index in [2.05, 4.69) is 25.3 Å². The molecule has 5 rings (SSSR count). The third kappa shape index (κ3) is 4.09. The maximum Gasteiger partial charge on any atom is 0.291 e. The summed E-state index contributed by atoms with van der Waals surface area (Å²) in [7, 11) is 0. The molecule has 36 heavy (non-hydrogen) atoms. The lowest BCUT2D eigenvalue weighted by atomic mass is 10.0. The van der Waals surface area contributed by atoms with Gasteiger partial charge in [0, 0.05) is 29.4 Å². The number of aliphatic hydroxyl groups excluding tert-OH is 1. The van der Waals surface area contributed by atoms with E-state index in [1.54, 1.807) is 18.5 Å². The van der Waals surface area contributed by atoms with Crippen LogP contribution in [0.3, 0.4) is 0 Å². The summed E-state index contributed by atoms with van der Waals surface area (Å²) in [5.41, 5.74) is 9.87. The van der Waals surface area contributed by atoms with Crippen molar-refractivity contribution in [2.75, 3.05) is 5.73 Å². The van der Waals surface area contributed by atoms with Crippen molar-refractivity contribution in [2.24, 2.45) is 0 Å². The molecule has 4 aromatic rings. The third-order valence-electron chi connectivity index (χ3n) is 6.76. The van der Waals surface area contributed by atoms with Gasteiger partial charge in [-0.15, -0.1) is 0 Å². The van der Waals surface area contributed by atoms with E-state index in [4.69, 9.17) is 10.7 Å². The number of likely N-dealkylation sites (tertiary alicyclic amines) is 1. The number of carbonyl (C=O) groups is 2. The molecule has 186 valence electrons. The van der Waals surface area contributed by atoms with E-state index in [0.717, 1.165) is 18.4 Å². The molecule has 1 aliphatic heterocycles. The molecule has 0 spiro atoms. The normalized spacial score (nSPS) is 17.7. The maximum absolute atomic E-state index is 13.0. The van der Waals surface area contributed by atoms with Gasteiger partial charge in [0.2, 0.25) is 5.82 Å². The van der Waals surface area contributed by atoms with E-state index in [9.17, 15) is 14.7 Å². The van der Waals surface area contributed by atoms with Crippen LogP contribution in [0.4, 0.5) is 5.82 Å². The van der Waals surface area contributed by atoms with Crippen LogP contribution in [0.5, 0.6) is 0 Å². The van der Waals surface area contributed by atoms with Crippen molar-refractivity contribution < 1.29 is 14.7 Å². The Labute approximate surface area is 206 Å². The zero-order valence-corrected chi connectivity index (χ0v) is 20.0. The molecule has 1 saturated heterocycles. The number of Topliss-reactive ketones (excluding diaryl/α,β-unsaturated/α-hetero) is 1. The Morgan fingerprint density at radius 3 is 2.72 bits per heavy atom. The number of fused-ring (bicyclic) bond motifs is 1. The zero-order valence-electron chi connectivity index (χ0n) is 20.0. The van der Waals surface area contributed by atoms with Gasteiger partial charge >= 0.3 is 0 Å². The minimum absolute atomic E-state index is 0.0312. The molecule has 12 heteroatoms. The highest BCUT2D eigenvalue weighted by Gasteiger charge is 2.36. The average Bonchev–Trinajstić information content (AvgIpc) is 3.62. The number of H-pyrrole nitrogens is 1. The summed E-state index contributed by atoms with van der Waals surface area (Å²) in [6, 6.07) is 3.60. The van der Waals surface area contributed by atoms with Crippen molar-refractivity contribution >= 4 is 23.2 Å². The highest BCUT2D eigenvalue weighted by atomic mass is 16.3. The lowest BCUT2D eigenvalue weighted by molar-refractivity contribution is 0.0659. The van der Waals surface area contributed by atoms with Gasteiger partial charge in [-0.1, -0.05) is 6.07 Å². The molecule has 1 amide bonds. The van der Waals surface area contributed by atoms with Gasteiger partial charge in [0.1, 0.15) is 12.1 Å². The number of pyridine rings is 1. The second kappa shape index (κ2) is 9.46. The largest absolute Gasteiger partial charge is 0.390 e. The number of anilines is 1. The molecule has 0 unspecified atom stereocenters. The molecule has 0 bridgehead atoms. The first-order valence-electron chi connectivity index (χ1n) is 11.8. The van der Waals surface area contributed by atoms with E-state index in [1.165, 1.54) is 17.8 Å². The third-order valence-corrected chi connectivity index (χ3v) is 6.76. The van der Waals surface area contributed by atoms with Crippen LogP contribution in [0.2, 0.25) is 0 Å². The Hall–Kier alpha value is -4.19. The lowest BCUT2D eigenvalue weighted by Gasteiger charge is -2.28. The number of carbonyl (C=O) groups excluding carboxylic acids is 2. The molecule has 1 fully saturated rings. The fraction of sp³-hybridized carbons (Fsp3) is 0.375. The Kier molecular flexibility index (Phi) is 6.18. The van der Waals surface area contributed by atoms with E-state index in [0.29, 0.717) is 41.0 Å². The summed E-state index contributed by atoms with van der Waals surface area (Å²) in [6.45, 7) is 3.33. The molecule has 0 saturated carbocycles. The quantitative estimate of drug-likeness (QED) is 0.328. The molecule has 0 radical (unpaired) electrons. The van der Waals surface area contributed by atoms with E-state index < -0.39 is 0 Å². The topological polar surface area (TPSA) is 168 Å². The number of nitrogens with one attached hydrogen (secondary N) is 1. The summed E-state index contributed by atoms with van der Waals surface area (Å²) in [6.07, 6.45) is 7.39. The molecule has 4 aromatic heterocycles. The minimum Gasteiger partial charge on any atom is -0.390 e. The number of aryl methyl sites for hydroxylation is 1. The minimum atomic E-state index is -0.197. The summed E-state index contributed by atoms with van der Waals surface area (Å²) in [5, 5.41) is 20.1. The standard InChI is InChI=1S/C24H27N9O3/c1-13-3-6-17(32(13)24(36)22-27-12-28-31-22)7-8-19-20(14(2)35)21(25)33-23(30-19)18(10-29-33)15-4-5-16(11-34)26-9-15/h4-5,9-10,12-13,17,34H,3,6-8,11,25H2,1-2H3,(H,27,28,31)/t13-,17-/m1/s1. The van der Waals surface area contributed by atoms with E-state index >= 15 is 0 Å². The number of hydrogen-bond acceptors (Lipinski definition) is 9. The summed E-state index contributed by atoms with van der Waals surface area (Å²) >= 11 is 0. The Balaban J connectivity index is 1.48. The number of ketones is 1. The van der Waals surface area contributed by atoms with Gasteiger partial charge < -0.3 is 15.7 Å². The molecule has 12 nitrogen and oxygen atoms in total. The molecule has 5 heterocycles. The predicted octanol–water partition coefficient (Wildman–Crippen LogP) is 1.81. The molecule has 0 aliphatic carbocycles. The lowest BCUT2D eigenvalue weighted by Crippen LogP contribution is -2.40. The van der Waals surface area contributed by atoms with Crippen LogP contribution in [0, 0.1) is 0 Å². The van der Waals surface area contributed by atoms with Crippen LogP contribution in [-0.2, 0) is 13.0 Å². The molecular formula is C24H27N9O3. The first-order chi connectivity index (χ1) is 17.4. The van der Waals surface area contributed by atoms with Crippen molar-refractivity contribution in [3.05, 3.63) is 53.6 Å². The molecule has 1 aliphatic rings. The summed E-state index contributed by atoms with van der Waals surface area (Å²) in [4.78, 5) is 40.5. The number of amides is 1. The maximum atomic E-state index is 13.0. The molecule has 4 N–H and O–H groups in total. The van der Waals surface area contributed by atoms with Crippen LogP contribution in [-0.4, -0.2) is 68.5 Å². The van der Waals surface area contributed by atoms with Gasteiger partial charge in [0.15, 0.2) is 11.4 Å². The number of rotatable bonds is 7. The summed E-state index contributed by atoms with van der Waals surface area (Å²) in [5.74, 6) is 0.0566. The number of aromatic nitrogens is 7.